The van der Waals surface area contributed by atoms with Gasteiger partial charge in [-0.1, -0.05) is 24.6 Å². The maximum absolute atomic E-state index is 11.0. The highest BCUT2D eigenvalue weighted by molar-refractivity contribution is 8.06. The van der Waals surface area contributed by atoms with Crippen LogP contribution in [-0.4, -0.2) is 20.3 Å². The molecule has 0 aromatic rings. The molecular weight excluding hydrogens is 209 g/mol. The highest BCUT2D eigenvalue weighted by Gasteiger charge is 1.99. The van der Waals surface area contributed by atoms with Gasteiger partial charge in [0.25, 0.3) is 0 Å². The molecule has 0 saturated carbocycles. The summed E-state index contributed by atoms with van der Waals surface area (Å²) in [4.78, 5) is 11.0. The van der Waals surface area contributed by atoms with Crippen LogP contribution in [0.2, 0.25) is 0 Å². The van der Waals surface area contributed by atoms with Crippen molar-refractivity contribution < 1.29 is 13.9 Å². The minimum Gasteiger partial charge on any atom is -0.780 e. The van der Waals surface area contributed by atoms with Gasteiger partial charge in [0, 0.05) is 7.11 Å². The Labute approximate surface area is 84.7 Å². The number of nitrogens with two attached hydrogens (primary N) is 1. The van der Waals surface area contributed by atoms with Gasteiger partial charge in [-0.05, 0) is 19.4 Å². The van der Waals surface area contributed by atoms with E-state index >= 15 is 0 Å². The lowest BCUT2D eigenvalue weighted by Crippen LogP contribution is -2.06. The minimum atomic E-state index is -3.17. The van der Waals surface area contributed by atoms with Gasteiger partial charge in [-0.25, -0.2) is 0 Å². The normalized spacial score (nSPS) is 15.6. The van der Waals surface area contributed by atoms with Gasteiger partial charge in [0.2, 0.25) is 0 Å². The number of hydrogen-bond acceptors (Lipinski definition) is 5. The molecule has 0 saturated heterocycles. The smallest absolute Gasteiger partial charge is 0.115 e. The van der Waals surface area contributed by atoms with Crippen LogP contribution < -0.4 is 10.6 Å². The predicted molar refractivity (Wildman–Crippen MR) is 54.8 cm³/mol. The zero-order chi connectivity index (χ0) is 10.2. The molecule has 0 heterocycles. The summed E-state index contributed by atoms with van der Waals surface area (Å²) in [5.74, 6) is 0. The minimum absolute atomic E-state index is 0.402. The standard InChI is InChI=1S/C7H18NO3PS/c1-10-12(9,13)11-7-5-3-2-4-6-8/h2-8H2,1H3,(H,9,13)/p-1. The molecule has 80 valence electrons. The van der Waals surface area contributed by atoms with E-state index < -0.39 is 6.72 Å². The third-order valence-electron chi connectivity index (χ3n) is 1.57. The van der Waals surface area contributed by atoms with E-state index in [1.807, 2.05) is 0 Å². The fraction of sp³-hybridized carbons (Fsp3) is 1.00. The SMILES string of the molecule is COP([O-])(=S)OCCCCCCN. The third kappa shape index (κ3) is 8.81. The first-order valence-corrected chi connectivity index (χ1v) is 6.89. The number of unbranched alkanes of at least 4 members (excludes halogenated alkanes) is 3. The first-order valence-electron chi connectivity index (χ1n) is 4.34. The van der Waals surface area contributed by atoms with Crippen molar-refractivity contribution in [2.75, 3.05) is 20.3 Å². The molecule has 1 atom stereocenters. The molecule has 13 heavy (non-hydrogen) atoms. The van der Waals surface area contributed by atoms with Gasteiger partial charge in [-0.15, -0.1) is 0 Å². The van der Waals surface area contributed by atoms with E-state index in [2.05, 4.69) is 16.3 Å². The lowest BCUT2D eigenvalue weighted by molar-refractivity contribution is -0.204. The van der Waals surface area contributed by atoms with Crippen molar-refractivity contribution in [3.8, 4) is 0 Å². The molecule has 0 fully saturated rings. The average Bonchev–Trinajstić information content (AvgIpc) is 2.11. The second kappa shape index (κ2) is 7.85. The molecule has 0 aromatic heterocycles. The Morgan fingerprint density at radius 1 is 1.31 bits per heavy atom. The second-order valence-electron chi connectivity index (χ2n) is 2.67. The van der Waals surface area contributed by atoms with Gasteiger partial charge in [0.1, 0.15) is 6.72 Å². The number of rotatable bonds is 8. The highest BCUT2D eigenvalue weighted by Crippen LogP contribution is 2.37. The Hall–Kier alpha value is 0.490. The van der Waals surface area contributed by atoms with Crippen molar-refractivity contribution in [2.24, 2.45) is 5.73 Å². The summed E-state index contributed by atoms with van der Waals surface area (Å²) in [5, 5.41) is 0. The van der Waals surface area contributed by atoms with Crippen molar-refractivity contribution in [3.63, 3.8) is 0 Å². The average molecular weight is 226 g/mol. The van der Waals surface area contributed by atoms with Crippen LogP contribution in [-0.2, 0) is 20.9 Å². The van der Waals surface area contributed by atoms with Crippen molar-refractivity contribution >= 4 is 18.5 Å². The van der Waals surface area contributed by atoms with E-state index in [-0.39, 0.29) is 0 Å². The molecule has 0 spiro atoms. The molecule has 0 radical (unpaired) electrons. The van der Waals surface area contributed by atoms with Gasteiger partial charge in [0.15, 0.2) is 0 Å². The molecule has 4 nitrogen and oxygen atoms in total. The third-order valence-corrected chi connectivity index (χ3v) is 3.28. The van der Waals surface area contributed by atoms with Crippen LogP contribution in [0, 0.1) is 0 Å². The summed E-state index contributed by atoms with van der Waals surface area (Å²) < 4.78 is 9.37. The molecule has 0 bridgehead atoms. The van der Waals surface area contributed by atoms with Crippen molar-refractivity contribution in [2.45, 2.75) is 25.7 Å². The van der Waals surface area contributed by atoms with Crippen LogP contribution in [0.15, 0.2) is 0 Å². The first-order chi connectivity index (χ1) is 6.12. The Balaban J connectivity index is 3.21. The lowest BCUT2D eigenvalue weighted by atomic mass is 10.2. The van der Waals surface area contributed by atoms with Crippen LogP contribution >= 0.6 is 6.72 Å². The molecule has 0 rings (SSSR count). The van der Waals surface area contributed by atoms with Crippen LogP contribution in [0.3, 0.4) is 0 Å². The molecule has 6 heteroatoms. The van der Waals surface area contributed by atoms with Crippen LogP contribution in [0.5, 0.6) is 0 Å². The molecular formula is C7H17NO3PS-. The zero-order valence-corrected chi connectivity index (χ0v) is 9.61. The molecule has 2 N–H and O–H groups in total. The van der Waals surface area contributed by atoms with E-state index in [0.717, 1.165) is 32.2 Å². The van der Waals surface area contributed by atoms with Crippen molar-refractivity contribution in [1.82, 2.24) is 0 Å². The van der Waals surface area contributed by atoms with Crippen molar-refractivity contribution in [3.05, 3.63) is 0 Å². The van der Waals surface area contributed by atoms with Crippen LogP contribution in [0.4, 0.5) is 0 Å². The van der Waals surface area contributed by atoms with Gasteiger partial charge >= 0.3 is 0 Å². The monoisotopic (exact) mass is 226 g/mol. The zero-order valence-electron chi connectivity index (χ0n) is 7.90. The van der Waals surface area contributed by atoms with Gasteiger partial charge in [0.05, 0.1) is 6.61 Å². The van der Waals surface area contributed by atoms with Crippen molar-refractivity contribution in [1.29, 1.82) is 0 Å². The Kier molecular flexibility index (Phi) is 8.15. The van der Waals surface area contributed by atoms with Gasteiger partial charge in [-0.3, -0.25) is 0 Å². The van der Waals surface area contributed by atoms with Crippen LogP contribution in [0.1, 0.15) is 25.7 Å². The lowest BCUT2D eigenvalue weighted by Gasteiger charge is -2.24. The predicted octanol–water partition coefficient (Wildman–Crippen LogP) is 0.753. The van der Waals surface area contributed by atoms with E-state index in [9.17, 15) is 4.89 Å². The van der Waals surface area contributed by atoms with E-state index in [0.29, 0.717) is 6.61 Å². The molecule has 0 aliphatic carbocycles. The largest absolute Gasteiger partial charge is 0.780 e. The summed E-state index contributed by atoms with van der Waals surface area (Å²) in [6, 6.07) is 0. The first kappa shape index (κ1) is 13.5. The highest BCUT2D eigenvalue weighted by atomic mass is 32.5. The quantitative estimate of drug-likeness (QED) is 0.488. The van der Waals surface area contributed by atoms with Crippen LogP contribution in [0.25, 0.3) is 0 Å². The number of hydrogen-bond donors (Lipinski definition) is 1. The van der Waals surface area contributed by atoms with E-state index in [4.69, 9.17) is 10.3 Å². The Morgan fingerprint density at radius 3 is 2.46 bits per heavy atom. The topological polar surface area (TPSA) is 67.5 Å². The van der Waals surface area contributed by atoms with Gasteiger partial charge in [-0.2, -0.15) is 0 Å². The van der Waals surface area contributed by atoms with E-state index in [1.165, 1.54) is 7.11 Å². The maximum atomic E-state index is 11.0. The summed E-state index contributed by atoms with van der Waals surface area (Å²) in [7, 11) is 1.29. The molecule has 0 amide bonds. The Bertz CT molecular complexity index is 168. The summed E-state index contributed by atoms with van der Waals surface area (Å²) in [6.45, 7) is -2.05. The molecule has 0 aliphatic heterocycles. The molecule has 0 aromatic carbocycles. The Morgan fingerprint density at radius 2 is 1.92 bits per heavy atom. The summed E-state index contributed by atoms with van der Waals surface area (Å²) in [6.07, 6.45) is 3.98. The fourth-order valence-corrected chi connectivity index (χ4v) is 1.51. The fourth-order valence-electron chi connectivity index (χ4n) is 0.829. The second-order valence-corrected chi connectivity index (χ2v) is 5.53. The van der Waals surface area contributed by atoms with Gasteiger partial charge < -0.3 is 19.7 Å². The van der Waals surface area contributed by atoms with E-state index in [1.54, 1.807) is 0 Å². The summed E-state index contributed by atoms with van der Waals surface area (Å²) in [5.41, 5.74) is 5.32. The molecule has 1 unspecified atom stereocenters. The maximum Gasteiger partial charge on any atom is 0.115 e. The summed E-state index contributed by atoms with van der Waals surface area (Å²) >= 11 is 4.54. The molecule has 0 aliphatic rings.